The van der Waals surface area contributed by atoms with Gasteiger partial charge >= 0.3 is 0 Å². The van der Waals surface area contributed by atoms with E-state index in [0.717, 1.165) is 0 Å². The van der Waals surface area contributed by atoms with E-state index in [1.165, 1.54) is 37.6 Å². The summed E-state index contributed by atoms with van der Waals surface area (Å²) in [7, 11) is -0.860. The molecule has 2 aromatic rings. The molecule has 0 amide bonds. The highest BCUT2D eigenvalue weighted by molar-refractivity contribution is 7.95. The zero-order chi connectivity index (χ0) is 17.6. The molecular formula is C17H16N2O4S. The van der Waals surface area contributed by atoms with E-state index < -0.39 is 9.84 Å². The monoisotopic (exact) mass is 344 g/mol. The van der Waals surface area contributed by atoms with Crippen molar-refractivity contribution in [2.24, 2.45) is 0 Å². The summed E-state index contributed by atoms with van der Waals surface area (Å²) in [6.07, 6.45) is 1.17. The van der Waals surface area contributed by atoms with Crippen molar-refractivity contribution in [1.29, 1.82) is 5.26 Å². The molecule has 1 N–H and O–H groups in total. The Kier molecular flexibility index (Phi) is 5.45. The lowest BCUT2D eigenvalue weighted by Crippen LogP contribution is -2.05. The summed E-state index contributed by atoms with van der Waals surface area (Å²) >= 11 is 0. The summed E-state index contributed by atoms with van der Waals surface area (Å²) in [4.78, 5) is -0.365. The van der Waals surface area contributed by atoms with Gasteiger partial charge in [0.25, 0.3) is 0 Å². The number of sulfone groups is 1. The SMILES string of the molecule is COc1ccc(N/C=C(/C#N)S(=O)(=O)c2ccc(OC)cc2)cc1. The molecule has 0 saturated heterocycles. The van der Waals surface area contributed by atoms with E-state index in [-0.39, 0.29) is 9.80 Å². The lowest BCUT2D eigenvalue weighted by molar-refractivity contribution is 0.414. The van der Waals surface area contributed by atoms with Crippen molar-refractivity contribution in [2.75, 3.05) is 19.5 Å². The third-order valence-electron chi connectivity index (χ3n) is 3.23. The number of allylic oxidation sites excluding steroid dienone is 1. The van der Waals surface area contributed by atoms with Crippen LogP contribution in [0, 0.1) is 11.3 Å². The predicted molar refractivity (Wildman–Crippen MR) is 90.5 cm³/mol. The van der Waals surface area contributed by atoms with Crippen molar-refractivity contribution in [3.05, 3.63) is 59.6 Å². The molecule has 2 aromatic carbocycles. The fourth-order valence-corrected chi connectivity index (χ4v) is 2.97. The van der Waals surface area contributed by atoms with Gasteiger partial charge < -0.3 is 14.8 Å². The van der Waals surface area contributed by atoms with Crippen LogP contribution in [0.5, 0.6) is 11.5 Å². The molecule has 0 atom stereocenters. The Balaban J connectivity index is 2.25. The minimum Gasteiger partial charge on any atom is -0.497 e. The van der Waals surface area contributed by atoms with Gasteiger partial charge in [0.05, 0.1) is 19.1 Å². The lowest BCUT2D eigenvalue weighted by atomic mass is 10.3. The molecule has 0 aliphatic carbocycles. The number of nitriles is 1. The first-order valence-corrected chi connectivity index (χ1v) is 8.39. The molecule has 0 fully saturated rings. The fourth-order valence-electron chi connectivity index (χ4n) is 1.89. The normalized spacial score (nSPS) is 11.5. The highest BCUT2D eigenvalue weighted by Crippen LogP contribution is 2.22. The number of rotatable bonds is 6. The van der Waals surface area contributed by atoms with Gasteiger partial charge in [0.1, 0.15) is 17.6 Å². The van der Waals surface area contributed by atoms with Gasteiger partial charge in [-0.3, -0.25) is 0 Å². The minimum absolute atomic E-state index is 0.0210. The molecular weight excluding hydrogens is 328 g/mol. The van der Waals surface area contributed by atoms with Crippen LogP contribution in [0.4, 0.5) is 5.69 Å². The van der Waals surface area contributed by atoms with Gasteiger partial charge in [-0.1, -0.05) is 0 Å². The molecule has 124 valence electrons. The van der Waals surface area contributed by atoms with Crippen LogP contribution in [0.25, 0.3) is 0 Å². The molecule has 0 heterocycles. The zero-order valence-electron chi connectivity index (χ0n) is 13.2. The van der Waals surface area contributed by atoms with Crippen molar-refractivity contribution in [3.63, 3.8) is 0 Å². The van der Waals surface area contributed by atoms with Crippen molar-refractivity contribution in [1.82, 2.24) is 0 Å². The van der Waals surface area contributed by atoms with Crippen LogP contribution in [-0.4, -0.2) is 22.6 Å². The Labute approximate surface area is 140 Å². The minimum atomic E-state index is -3.90. The molecule has 24 heavy (non-hydrogen) atoms. The maximum absolute atomic E-state index is 12.5. The second kappa shape index (κ2) is 7.53. The Morgan fingerprint density at radius 2 is 1.50 bits per heavy atom. The number of anilines is 1. The average Bonchev–Trinajstić information content (AvgIpc) is 2.62. The van der Waals surface area contributed by atoms with Crippen LogP contribution >= 0.6 is 0 Å². The van der Waals surface area contributed by atoms with E-state index in [2.05, 4.69) is 5.32 Å². The zero-order valence-corrected chi connectivity index (χ0v) is 14.0. The van der Waals surface area contributed by atoms with Crippen molar-refractivity contribution < 1.29 is 17.9 Å². The van der Waals surface area contributed by atoms with Gasteiger partial charge in [0, 0.05) is 11.9 Å². The Morgan fingerprint density at radius 3 is 1.96 bits per heavy atom. The summed E-state index contributed by atoms with van der Waals surface area (Å²) in [5.41, 5.74) is 0.633. The van der Waals surface area contributed by atoms with Crippen LogP contribution < -0.4 is 14.8 Å². The standard InChI is InChI=1S/C17H16N2O4S/c1-22-14-5-3-13(4-6-14)19-12-17(11-18)24(20,21)16-9-7-15(23-2)8-10-16/h3-10,12,19H,1-2H3/b17-12-. The summed E-state index contributed by atoms with van der Waals surface area (Å²) in [5, 5.41) is 12.0. The molecule has 6 nitrogen and oxygen atoms in total. The second-order valence-corrected chi connectivity index (χ2v) is 6.59. The molecule has 7 heteroatoms. The molecule has 0 saturated carbocycles. The van der Waals surface area contributed by atoms with E-state index >= 15 is 0 Å². The first-order chi connectivity index (χ1) is 11.5. The Bertz CT molecular complexity index is 864. The maximum Gasteiger partial charge on any atom is 0.218 e. The number of benzene rings is 2. The number of nitrogens with zero attached hydrogens (tertiary/aromatic N) is 1. The fraction of sp³-hybridized carbons (Fsp3) is 0.118. The van der Waals surface area contributed by atoms with Crippen LogP contribution in [-0.2, 0) is 9.84 Å². The van der Waals surface area contributed by atoms with E-state index in [9.17, 15) is 13.7 Å². The molecule has 0 spiro atoms. The summed E-state index contributed by atoms with van der Waals surface area (Å²) in [5.74, 6) is 1.21. The first kappa shape index (κ1) is 17.4. The number of ether oxygens (including phenoxy) is 2. The Hall–Kier alpha value is -2.98. The number of hydrogen-bond donors (Lipinski definition) is 1. The summed E-state index contributed by atoms with van der Waals surface area (Å²) < 4.78 is 35.0. The van der Waals surface area contributed by atoms with Crippen molar-refractivity contribution >= 4 is 15.5 Å². The smallest absolute Gasteiger partial charge is 0.218 e. The number of methoxy groups -OCH3 is 2. The quantitative estimate of drug-likeness (QED) is 0.811. The van der Waals surface area contributed by atoms with Gasteiger partial charge in [0.15, 0.2) is 4.91 Å². The summed E-state index contributed by atoms with van der Waals surface area (Å²) in [6.45, 7) is 0. The molecule has 2 rings (SSSR count). The molecule has 0 unspecified atom stereocenters. The number of hydrogen-bond acceptors (Lipinski definition) is 6. The number of nitrogens with one attached hydrogen (secondary N) is 1. The Morgan fingerprint density at radius 1 is 1.00 bits per heavy atom. The van der Waals surface area contributed by atoms with Crippen LogP contribution in [0.2, 0.25) is 0 Å². The molecule has 0 aliphatic heterocycles. The molecule has 0 aliphatic rings. The van der Waals surface area contributed by atoms with Gasteiger partial charge in [-0.05, 0) is 48.5 Å². The topological polar surface area (TPSA) is 88.4 Å². The third kappa shape index (κ3) is 3.86. The lowest BCUT2D eigenvalue weighted by Gasteiger charge is -2.06. The van der Waals surface area contributed by atoms with Crippen LogP contribution in [0.1, 0.15) is 0 Å². The van der Waals surface area contributed by atoms with E-state index in [1.54, 1.807) is 37.4 Å². The largest absolute Gasteiger partial charge is 0.497 e. The highest BCUT2D eigenvalue weighted by atomic mass is 32.2. The van der Waals surface area contributed by atoms with E-state index in [1.807, 2.05) is 0 Å². The second-order valence-electron chi connectivity index (χ2n) is 4.67. The van der Waals surface area contributed by atoms with Crippen molar-refractivity contribution in [3.8, 4) is 17.6 Å². The van der Waals surface area contributed by atoms with Gasteiger partial charge in [-0.2, -0.15) is 5.26 Å². The first-order valence-electron chi connectivity index (χ1n) is 6.91. The van der Waals surface area contributed by atoms with E-state index in [4.69, 9.17) is 9.47 Å². The van der Waals surface area contributed by atoms with Crippen LogP contribution in [0.15, 0.2) is 64.5 Å². The molecule has 0 bridgehead atoms. The average molecular weight is 344 g/mol. The van der Waals surface area contributed by atoms with Crippen molar-refractivity contribution in [2.45, 2.75) is 4.90 Å². The van der Waals surface area contributed by atoms with Gasteiger partial charge in [-0.15, -0.1) is 0 Å². The van der Waals surface area contributed by atoms with Gasteiger partial charge in [0.2, 0.25) is 9.84 Å². The molecule has 0 radical (unpaired) electrons. The van der Waals surface area contributed by atoms with E-state index in [0.29, 0.717) is 17.2 Å². The highest BCUT2D eigenvalue weighted by Gasteiger charge is 2.20. The maximum atomic E-state index is 12.5. The third-order valence-corrected chi connectivity index (χ3v) is 4.91. The predicted octanol–water partition coefficient (Wildman–Crippen LogP) is 2.95. The van der Waals surface area contributed by atoms with Crippen LogP contribution in [0.3, 0.4) is 0 Å². The van der Waals surface area contributed by atoms with Gasteiger partial charge in [-0.25, -0.2) is 8.42 Å². The summed E-state index contributed by atoms with van der Waals surface area (Å²) in [6, 6.07) is 14.4. The molecule has 0 aromatic heterocycles.